The van der Waals surface area contributed by atoms with Crippen molar-refractivity contribution in [2.24, 2.45) is 7.05 Å². The molecule has 27 heavy (non-hydrogen) atoms. The van der Waals surface area contributed by atoms with Crippen molar-refractivity contribution >= 4 is 28.1 Å². The van der Waals surface area contributed by atoms with Crippen molar-refractivity contribution in [3.8, 4) is 10.7 Å². The molecule has 1 amide bonds. The number of thiazole rings is 1. The van der Waals surface area contributed by atoms with Crippen LogP contribution in [0.4, 0.5) is 0 Å². The molecule has 0 saturated heterocycles. The van der Waals surface area contributed by atoms with Crippen LogP contribution in [0.3, 0.4) is 0 Å². The second-order valence-electron chi connectivity index (χ2n) is 5.90. The van der Waals surface area contributed by atoms with Gasteiger partial charge in [0.2, 0.25) is 0 Å². The Hall–Kier alpha value is -3.39. The average Bonchev–Trinajstić information content (AvgIpc) is 3.19. The maximum atomic E-state index is 12.5. The minimum Gasteiger partial charge on any atom is -0.346 e. The fourth-order valence-corrected chi connectivity index (χ4v) is 3.55. The van der Waals surface area contributed by atoms with Crippen LogP contribution >= 0.6 is 11.3 Å². The number of aryl methyl sites for hydroxylation is 1. The van der Waals surface area contributed by atoms with Crippen molar-refractivity contribution in [1.82, 2.24) is 24.8 Å². The number of rotatable bonds is 4. The van der Waals surface area contributed by atoms with Gasteiger partial charge in [-0.25, -0.2) is 4.98 Å². The maximum absolute atomic E-state index is 12.5. The van der Waals surface area contributed by atoms with Crippen LogP contribution < -0.4 is 10.9 Å². The number of hydrogen-bond donors (Lipinski definition) is 1. The topological polar surface area (TPSA) is 89.8 Å². The maximum Gasteiger partial charge on any atom is 0.263 e. The van der Waals surface area contributed by atoms with Gasteiger partial charge in [0.1, 0.15) is 16.3 Å². The molecule has 0 atom stereocenters. The number of para-hydroxylation sites is 1. The van der Waals surface area contributed by atoms with Crippen LogP contribution in [0, 0.1) is 0 Å². The highest BCUT2D eigenvalue weighted by molar-refractivity contribution is 7.13. The Bertz CT molecular complexity index is 1180. The van der Waals surface area contributed by atoms with E-state index in [1.165, 1.54) is 15.9 Å². The number of aromatic nitrogens is 4. The highest BCUT2D eigenvalue weighted by atomic mass is 32.1. The molecule has 7 nitrogen and oxygen atoms in total. The number of carbonyl (C=O) groups excluding carboxylic acids is 1. The van der Waals surface area contributed by atoms with Gasteiger partial charge >= 0.3 is 0 Å². The lowest BCUT2D eigenvalue weighted by molar-refractivity contribution is 0.0948. The van der Waals surface area contributed by atoms with Crippen LogP contribution in [0.25, 0.3) is 21.6 Å². The quantitative estimate of drug-likeness (QED) is 0.590. The van der Waals surface area contributed by atoms with Crippen LogP contribution in [-0.2, 0) is 13.6 Å². The lowest BCUT2D eigenvalue weighted by atomic mass is 10.1. The molecule has 0 fully saturated rings. The van der Waals surface area contributed by atoms with E-state index in [9.17, 15) is 9.59 Å². The van der Waals surface area contributed by atoms with Gasteiger partial charge in [0.25, 0.3) is 11.5 Å². The summed E-state index contributed by atoms with van der Waals surface area (Å²) in [5, 5.41) is 6.19. The standard InChI is InChI=1S/C19H15N5O2S/c1-24-16-5-3-2-4-12(16)8-14(19(24)26)17(25)22-9-13-11-27-18(23-13)15-10-20-6-7-21-15/h2-8,10-11H,9H2,1H3,(H,22,25). The van der Waals surface area contributed by atoms with Crippen molar-refractivity contribution in [1.29, 1.82) is 0 Å². The van der Waals surface area contributed by atoms with Crippen LogP contribution in [0.5, 0.6) is 0 Å². The van der Waals surface area contributed by atoms with E-state index in [1.807, 2.05) is 29.6 Å². The van der Waals surface area contributed by atoms with Gasteiger partial charge in [0.15, 0.2) is 0 Å². The van der Waals surface area contributed by atoms with E-state index in [1.54, 1.807) is 31.7 Å². The minimum absolute atomic E-state index is 0.112. The third-order valence-corrected chi connectivity index (χ3v) is 5.06. The number of benzene rings is 1. The number of nitrogens with zero attached hydrogens (tertiary/aromatic N) is 4. The number of fused-ring (bicyclic) bond motifs is 1. The summed E-state index contributed by atoms with van der Waals surface area (Å²) >= 11 is 1.43. The lowest BCUT2D eigenvalue weighted by Gasteiger charge is -2.08. The molecule has 0 unspecified atom stereocenters. The van der Waals surface area contributed by atoms with E-state index < -0.39 is 5.91 Å². The fraction of sp³-hybridized carbons (Fsp3) is 0.105. The first-order chi connectivity index (χ1) is 13.1. The number of hydrogen-bond acceptors (Lipinski definition) is 6. The Balaban J connectivity index is 1.54. The molecule has 0 spiro atoms. The van der Waals surface area contributed by atoms with Gasteiger partial charge in [0.05, 0.1) is 24.0 Å². The highest BCUT2D eigenvalue weighted by Crippen LogP contribution is 2.20. The fourth-order valence-electron chi connectivity index (χ4n) is 2.77. The van der Waals surface area contributed by atoms with Crippen molar-refractivity contribution < 1.29 is 4.79 Å². The first-order valence-corrected chi connectivity index (χ1v) is 9.09. The smallest absolute Gasteiger partial charge is 0.263 e. The van der Waals surface area contributed by atoms with E-state index in [0.717, 1.165) is 15.9 Å². The van der Waals surface area contributed by atoms with E-state index in [2.05, 4.69) is 20.3 Å². The second-order valence-corrected chi connectivity index (χ2v) is 6.76. The van der Waals surface area contributed by atoms with Crippen LogP contribution in [-0.4, -0.2) is 25.4 Å². The predicted molar refractivity (Wildman–Crippen MR) is 103 cm³/mol. The molecular weight excluding hydrogens is 362 g/mol. The molecule has 0 aliphatic heterocycles. The third-order valence-electron chi connectivity index (χ3n) is 4.14. The molecule has 4 rings (SSSR count). The molecule has 0 saturated carbocycles. The zero-order valence-electron chi connectivity index (χ0n) is 14.4. The van der Waals surface area contributed by atoms with Gasteiger partial charge < -0.3 is 9.88 Å². The van der Waals surface area contributed by atoms with Gasteiger partial charge in [-0.05, 0) is 17.5 Å². The van der Waals surface area contributed by atoms with Crippen LogP contribution in [0.15, 0.2) is 59.1 Å². The van der Waals surface area contributed by atoms with Crippen molar-refractivity contribution in [2.45, 2.75) is 6.54 Å². The summed E-state index contributed by atoms with van der Waals surface area (Å²) in [5.41, 5.74) is 1.95. The van der Waals surface area contributed by atoms with E-state index >= 15 is 0 Å². The van der Waals surface area contributed by atoms with Gasteiger partial charge in [0, 0.05) is 24.8 Å². The van der Waals surface area contributed by atoms with Crippen LogP contribution in [0.1, 0.15) is 16.1 Å². The minimum atomic E-state index is -0.421. The Morgan fingerprint density at radius 3 is 2.93 bits per heavy atom. The van der Waals surface area contributed by atoms with Gasteiger partial charge in [-0.15, -0.1) is 11.3 Å². The monoisotopic (exact) mass is 377 g/mol. The summed E-state index contributed by atoms with van der Waals surface area (Å²) in [6.07, 6.45) is 4.84. The Labute approximate surface area is 158 Å². The molecule has 0 aliphatic carbocycles. The van der Waals surface area contributed by atoms with Crippen molar-refractivity contribution in [3.05, 3.63) is 75.9 Å². The Kier molecular flexibility index (Phi) is 4.47. The van der Waals surface area contributed by atoms with E-state index in [4.69, 9.17) is 0 Å². The molecule has 4 aromatic rings. The molecule has 134 valence electrons. The first kappa shape index (κ1) is 17.0. The summed E-state index contributed by atoms with van der Waals surface area (Å²) in [7, 11) is 1.66. The molecule has 0 radical (unpaired) electrons. The molecule has 3 heterocycles. The van der Waals surface area contributed by atoms with Crippen molar-refractivity contribution in [3.63, 3.8) is 0 Å². The summed E-state index contributed by atoms with van der Waals surface area (Å²) in [6, 6.07) is 9.08. The highest BCUT2D eigenvalue weighted by Gasteiger charge is 2.14. The summed E-state index contributed by atoms with van der Waals surface area (Å²) in [5.74, 6) is -0.421. The predicted octanol–water partition coefficient (Wildman–Crippen LogP) is 2.38. The molecule has 0 bridgehead atoms. The molecule has 0 aliphatic rings. The summed E-state index contributed by atoms with van der Waals surface area (Å²) in [4.78, 5) is 37.7. The van der Waals surface area contributed by atoms with Gasteiger partial charge in [-0.3, -0.25) is 19.6 Å². The first-order valence-electron chi connectivity index (χ1n) is 8.21. The SMILES string of the molecule is Cn1c(=O)c(C(=O)NCc2csc(-c3cnccn3)n2)cc2ccccc21. The zero-order valence-corrected chi connectivity index (χ0v) is 15.2. The number of pyridine rings is 1. The number of nitrogens with one attached hydrogen (secondary N) is 1. The van der Waals surface area contributed by atoms with E-state index in [-0.39, 0.29) is 17.7 Å². The average molecular weight is 377 g/mol. The second kappa shape index (κ2) is 7.08. The normalized spacial score (nSPS) is 10.9. The third kappa shape index (κ3) is 3.34. The van der Waals surface area contributed by atoms with E-state index in [0.29, 0.717) is 11.4 Å². The number of amides is 1. The van der Waals surface area contributed by atoms with Crippen molar-refractivity contribution in [2.75, 3.05) is 0 Å². The Morgan fingerprint density at radius 1 is 1.26 bits per heavy atom. The summed E-state index contributed by atoms with van der Waals surface area (Å²) < 4.78 is 1.49. The molecule has 1 aromatic carbocycles. The van der Waals surface area contributed by atoms with Gasteiger partial charge in [-0.1, -0.05) is 18.2 Å². The molecule has 8 heteroatoms. The van der Waals surface area contributed by atoms with Gasteiger partial charge in [-0.2, -0.15) is 0 Å². The largest absolute Gasteiger partial charge is 0.346 e. The molecule has 3 aromatic heterocycles. The zero-order chi connectivity index (χ0) is 18.8. The number of carbonyl (C=O) groups is 1. The molecule has 1 N–H and O–H groups in total. The lowest BCUT2D eigenvalue weighted by Crippen LogP contribution is -2.32. The van der Waals surface area contributed by atoms with Crippen LogP contribution in [0.2, 0.25) is 0 Å². The summed E-state index contributed by atoms with van der Waals surface area (Å²) in [6.45, 7) is 0.228. The molecular formula is C19H15N5O2S. The Morgan fingerprint density at radius 2 is 2.11 bits per heavy atom.